The lowest BCUT2D eigenvalue weighted by molar-refractivity contribution is -0.384. The molecule has 0 heterocycles. The Morgan fingerprint density at radius 2 is 2.06 bits per heavy atom. The molecule has 0 unspecified atom stereocenters. The van der Waals surface area contributed by atoms with Gasteiger partial charge in [0.25, 0.3) is 5.69 Å². The molecule has 0 spiro atoms. The normalized spacial score (nSPS) is 10.1. The molecule has 0 radical (unpaired) electrons. The number of anilines is 1. The van der Waals surface area contributed by atoms with Crippen molar-refractivity contribution in [3.05, 3.63) is 28.3 Å². The molecular weight excluding hydrogens is 234 g/mol. The minimum absolute atomic E-state index is 0.0342. The molecule has 100 valence electrons. The van der Waals surface area contributed by atoms with Gasteiger partial charge in [0.2, 0.25) is 0 Å². The van der Waals surface area contributed by atoms with Crippen LogP contribution in [-0.4, -0.2) is 31.2 Å². The average Bonchev–Trinajstić information content (AvgIpc) is 2.35. The largest absolute Gasteiger partial charge is 0.494 e. The van der Waals surface area contributed by atoms with Crippen molar-refractivity contribution in [2.75, 3.05) is 31.6 Å². The first-order chi connectivity index (χ1) is 8.67. The molecule has 2 N–H and O–H groups in total. The van der Waals surface area contributed by atoms with E-state index in [1.807, 2.05) is 13.8 Å². The van der Waals surface area contributed by atoms with E-state index in [1.165, 1.54) is 12.1 Å². The predicted molar refractivity (Wildman–Crippen MR) is 71.3 cm³/mol. The Balaban J connectivity index is 2.72. The van der Waals surface area contributed by atoms with Crippen molar-refractivity contribution < 1.29 is 9.66 Å². The third-order valence-corrected chi connectivity index (χ3v) is 2.29. The fourth-order valence-corrected chi connectivity index (χ4v) is 1.51. The number of ether oxygens (including phenoxy) is 1. The van der Waals surface area contributed by atoms with Gasteiger partial charge in [0, 0.05) is 30.9 Å². The SMILES string of the molecule is CCNCCNc1cc(OCC)cc([N+](=O)[O-])c1. The molecule has 0 fully saturated rings. The first kappa shape index (κ1) is 14.2. The highest BCUT2D eigenvalue weighted by molar-refractivity contribution is 5.56. The predicted octanol–water partition coefficient (Wildman–Crippen LogP) is 2.01. The lowest BCUT2D eigenvalue weighted by Crippen LogP contribution is -2.21. The van der Waals surface area contributed by atoms with Crippen molar-refractivity contribution >= 4 is 11.4 Å². The van der Waals surface area contributed by atoms with Crippen LogP contribution in [0.15, 0.2) is 18.2 Å². The highest BCUT2D eigenvalue weighted by atomic mass is 16.6. The Kier molecular flexibility index (Phi) is 5.93. The maximum atomic E-state index is 10.8. The number of nitrogens with zero attached hydrogens (tertiary/aromatic N) is 1. The van der Waals surface area contributed by atoms with Gasteiger partial charge in [-0.1, -0.05) is 6.92 Å². The summed E-state index contributed by atoms with van der Waals surface area (Å²) in [5, 5.41) is 17.1. The zero-order chi connectivity index (χ0) is 13.4. The number of benzene rings is 1. The molecule has 0 aliphatic rings. The van der Waals surface area contributed by atoms with Crippen LogP contribution in [0.4, 0.5) is 11.4 Å². The number of hydrogen-bond donors (Lipinski definition) is 2. The monoisotopic (exact) mass is 253 g/mol. The lowest BCUT2D eigenvalue weighted by atomic mass is 10.2. The molecule has 0 amide bonds. The van der Waals surface area contributed by atoms with E-state index in [4.69, 9.17) is 4.74 Å². The fraction of sp³-hybridized carbons (Fsp3) is 0.500. The summed E-state index contributed by atoms with van der Waals surface area (Å²) < 4.78 is 5.30. The fourth-order valence-electron chi connectivity index (χ4n) is 1.51. The molecule has 0 aliphatic carbocycles. The topological polar surface area (TPSA) is 76.4 Å². The molecule has 6 heteroatoms. The van der Waals surface area contributed by atoms with Crippen molar-refractivity contribution in [1.82, 2.24) is 5.32 Å². The van der Waals surface area contributed by atoms with E-state index >= 15 is 0 Å². The zero-order valence-corrected chi connectivity index (χ0v) is 10.7. The van der Waals surface area contributed by atoms with E-state index < -0.39 is 4.92 Å². The van der Waals surface area contributed by atoms with Gasteiger partial charge in [0.05, 0.1) is 17.6 Å². The Morgan fingerprint density at radius 1 is 1.28 bits per heavy atom. The summed E-state index contributed by atoms with van der Waals surface area (Å²) in [6, 6.07) is 4.70. The molecule has 0 saturated carbocycles. The van der Waals surface area contributed by atoms with Gasteiger partial charge >= 0.3 is 0 Å². The second kappa shape index (κ2) is 7.50. The summed E-state index contributed by atoms with van der Waals surface area (Å²) in [5.74, 6) is 0.512. The second-order valence-corrected chi connectivity index (χ2v) is 3.69. The summed E-state index contributed by atoms with van der Waals surface area (Å²) in [6.45, 7) is 6.78. The van der Waals surface area contributed by atoms with Gasteiger partial charge in [-0.15, -0.1) is 0 Å². The van der Waals surface area contributed by atoms with Crippen LogP contribution >= 0.6 is 0 Å². The summed E-state index contributed by atoms with van der Waals surface area (Å²) in [5.41, 5.74) is 0.734. The molecule has 18 heavy (non-hydrogen) atoms. The van der Waals surface area contributed by atoms with Gasteiger partial charge in [-0.3, -0.25) is 10.1 Å². The third-order valence-electron chi connectivity index (χ3n) is 2.29. The number of nitro benzene ring substituents is 1. The van der Waals surface area contributed by atoms with E-state index in [0.717, 1.165) is 13.1 Å². The molecule has 0 aliphatic heterocycles. The highest BCUT2D eigenvalue weighted by Crippen LogP contribution is 2.25. The van der Waals surface area contributed by atoms with E-state index in [-0.39, 0.29) is 5.69 Å². The highest BCUT2D eigenvalue weighted by Gasteiger charge is 2.10. The Bertz CT molecular complexity index is 396. The Morgan fingerprint density at radius 3 is 2.67 bits per heavy atom. The van der Waals surface area contributed by atoms with Gasteiger partial charge in [0.1, 0.15) is 5.75 Å². The van der Waals surface area contributed by atoms with Crippen LogP contribution in [0.2, 0.25) is 0 Å². The van der Waals surface area contributed by atoms with E-state index in [2.05, 4.69) is 10.6 Å². The van der Waals surface area contributed by atoms with Crippen molar-refractivity contribution in [2.24, 2.45) is 0 Å². The van der Waals surface area contributed by atoms with Crippen LogP contribution < -0.4 is 15.4 Å². The molecule has 0 atom stereocenters. The number of hydrogen-bond acceptors (Lipinski definition) is 5. The molecule has 0 aromatic heterocycles. The average molecular weight is 253 g/mol. The van der Waals surface area contributed by atoms with Crippen molar-refractivity contribution in [1.29, 1.82) is 0 Å². The van der Waals surface area contributed by atoms with Crippen LogP contribution in [0.3, 0.4) is 0 Å². The molecule has 1 aromatic carbocycles. The van der Waals surface area contributed by atoms with Crippen LogP contribution in [0.25, 0.3) is 0 Å². The summed E-state index contributed by atoms with van der Waals surface area (Å²) in [4.78, 5) is 10.4. The second-order valence-electron chi connectivity index (χ2n) is 3.69. The van der Waals surface area contributed by atoms with Crippen molar-refractivity contribution in [2.45, 2.75) is 13.8 Å². The van der Waals surface area contributed by atoms with Crippen LogP contribution in [0.1, 0.15) is 13.8 Å². The third kappa shape index (κ3) is 4.58. The Hall–Kier alpha value is -1.82. The molecule has 6 nitrogen and oxygen atoms in total. The molecule has 0 saturated heterocycles. The first-order valence-corrected chi connectivity index (χ1v) is 6.04. The number of likely N-dealkylation sites (N-methyl/N-ethyl adjacent to an activating group) is 1. The molecule has 1 aromatic rings. The van der Waals surface area contributed by atoms with Crippen LogP contribution in [0.5, 0.6) is 5.75 Å². The minimum Gasteiger partial charge on any atom is -0.494 e. The first-order valence-electron chi connectivity index (χ1n) is 6.04. The smallest absolute Gasteiger partial charge is 0.275 e. The standard InChI is InChI=1S/C12H19N3O3/c1-3-13-5-6-14-10-7-11(15(16)17)9-12(8-10)18-4-2/h7-9,13-14H,3-6H2,1-2H3. The maximum absolute atomic E-state index is 10.8. The lowest BCUT2D eigenvalue weighted by Gasteiger charge is -2.09. The van der Waals surface area contributed by atoms with Gasteiger partial charge in [0.15, 0.2) is 0 Å². The summed E-state index contributed by atoms with van der Waals surface area (Å²) in [6.07, 6.45) is 0. The van der Waals surface area contributed by atoms with Crippen molar-refractivity contribution in [3.8, 4) is 5.75 Å². The summed E-state index contributed by atoms with van der Waals surface area (Å²) in [7, 11) is 0. The minimum atomic E-state index is -0.419. The van der Waals surface area contributed by atoms with Crippen molar-refractivity contribution in [3.63, 3.8) is 0 Å². The van der Waals surface area contributed by atoms with E-state index in [0.29, 0.717) is 24.6 Å². The maximum Gasteiger partial charge on any atom is 0.275 e. The number of nitrogens with one attached hydrogen (secondary N) is 2. The number of rotatable bonds is 8. The quantitative estimate of drug-likeness (QED) is 0.421. The number of nitro groups is 1. The molecule has 0 bridgehead atoms. The Labute approximate surface area is 106 Å². The van der Waals surface area contributed by atoms with Crippen LogP contribution in [0, 0.1) is 10.1 Å². The van der Waals surface area contributed by atoms with Gasteiger partial charge in [-0.2, -0.15) is 0 Å². The van der Waals surface area contributed by atoms with Gasteiger partial charge < -0.3 is 15.4 Å². The van der Waals surface area contributed by atoms with Crippen LogP contribution in [-0.2, 0) is 0 Å². The summed E-state index contributed by atoms with van der Waals surface area (Å²) >= 11 is 0. The zero-order valence-electron chi connectivity index (χ0n) is 10.7. The molecular formula is C12H19N3O3. The van der Waals surface area contributed by atoms with E-state index in [9.17, 15) is 10.1 Å². The van der Waals surface area contributed by atoms with Gasteiger partial charge in [-0.05, 0) is 13.5 Å². The van der Waals surface area contributed by atoms with E-state index in [1.54, 1.807) is 6.07 Å². The van der Waals surface area contributed by atoms with Gasteiger partial charge in [-0.25, -0.2) is 0 Å². The number of non-ortho nitro benzene ring substituents is 1. The molecule has 1 rings (SSSR count).